The van der Waals surface area contributed by atoms with Crippen molar-refractivity contribution in [3.05, 3.63) is 35.4 Å². The topological polar surface area (TPSA) is 69.6 Å². The first-order valence-electron chi connectivity index (χ1n) is 6.94. The Hall–Kier alpha value is -2.02. The van der Waals surface area contributed by atoms with Crippen molar-refractivity contribution in [3.63, 3.8) is 0 Å². The summed E-state index contributed by atoms with van der Waals surface area (Å²) in [4.78, 5) is 25.2. The molecule has 2 N–H and O–H groups in total. The van der Waals surface area contributed by atoms with E-state index in [1.807, 2.05) is 0 Å². The van der Waals surface area contributed by atoms with Crippen LogP contribution in [-0.2, 0) is 4.79 Å². The molecule has 7 heteroatoms. The van der Waals surface area contributed by atoms with E-state index in [2.05, 4.69) is 5.32 Å². The third-order valence-corrected chi connectivity index (χ3v) is 4.13. The van der Waals surface area contributed by atoms with Crippen molar-refractivity contribution in [2.75, 3.05) is 6.54 Å². The number of rotatable bonds is 4. The van der Waals surface area contributed by atoms with Crippen LogP contribution in [0.2, 0.25) is 0 Å². The molecule has 1 fully saturated rings. The molecule has 2 rings (SSSR count). The third kappa shape index (κ3) is 2.68. The average Bonchev–Trinajstić information content (AvgIpc) is 2.63. The maximum Gasteiger partial charge on any atom is 0.325 e. The predicted molar refractivity (Wildman–Crippen MR) is 74.8 cm³/mol. The first-order valence-corrected chi connectivity index (χ1v) is 6.94. The second-order valence-electron chi connectivity index (χ2n) is 5.88. The first kappa shape index (κ1) is 16.4. The largest absolute Gasteiger partial charge is 0.386 e. The number of amides is 3. The highest BCUT2D eigenvalue weighted by molar-refractivity contribution is 6.07. The monoisotopic (exact) mass is 312 g/mol. The molecule has 0 saturated carbocycles. The van der Waals surface area contributed by atoms with Gasteiger partial charge in [-0.3, -0.25) is 9.69 Å². The van der Waals surface area contributed by atoms with Gasteiger partial charge in [0.15, 0.2) is 0 Å². The molecule has 0 unspecified atom stereocenters. The number of aliphatic hydroxyl groups is 1. The Labute approximate surface area is 126 Å². The summed E-state index contributed by atoms with van der Waals surface area (Å²) in [6.07, 6.45) is -1.43. The molecule has 0 aromatic heterocycles. The lowest BCUT2D eigenvalue weighted by atomic mass is 9.88. The first-order chi connectivity index (χ1) is 10.2. The van der Waals surface area contributed by atoms with Crippen molar-refractivity contribution in [2.24, 2.45) is 5.92 Å². The molecular weight excluding hydrogens is 294 g/mol. The highest BCUT2D eigenvalue weighted by Crippen LogP contribution is 2.28. The summed E-state index contributed by atoms with van der Waals surface area (Å²) in [6, 6.07) is 2.10. The van der Waals surface area contributed by atoms with Crippen molar-refractivity contribution in [3.8, 4) is 0 Å². The smallest absolute Gasteiger partial charge is 0.325 e. The summed E-state index contributed by atoms with van der Waals surface area (Å²) in [5.74, 6) is -2.32. The fourth-order valence-corrected chi connectivity index (χ4v) is 2.32. The normalized spacial score (nSPS) is 23.1. The van der Waals surface area contributed by atoms with E-state index in [1.54, 1.807) is 20.8 Å². The van der Waals surface area contributed by atoms with Crippen LogP contribution in [0, 0.1) is 17.6 Å². The number of urea groups is 1. The lowest BCUT2D eigenvalue weighted by Crippen LogP contribution is -2.48. The van der Waals surface area contributed by atoms with E-state index in [0.717, 1.165) is 17.0 Å². The number of imide groups is 1. The Morgan fingerprint density at radius 2 is 1.95 bits per heavy atom. The van der Waals surface area contributed by atoms with Crippen LogP contribution in [0.4, 0.5) is 13.6 Å². The standard InChI is InChI=1S/C15H18F2N2O3/c1-8(2)15(3)13(21)19(14(22)18-15)7-12(20)10-5-4-9(16)6-11(10)17/h4-6,8,12,20H,7H2,1-3H3,(H,18,22)/t12-,15+/m1/s1. The molecule has 1 aromatic rings. The van der Waals surface area contributed by atoms with Gasteiger partial charge in [-0.1, -0.05) is 19.9 Å². The highest BCUT2D eigenvalue weighted by Gasteiger charge is 2.50. The molecule has 0 radical (unpaired) electrons. The molecule has 3 amide bonds. The number of hydrogen-bond donors (Lipinski definition) is 2. The van der Waals surface area contributed by atoms with Gasteiger partial charge in [-0.15, -0.1) is 0 Å². The second kappa shape index (κ2) is 5.64. The molecular formula is C15H18F2N2O3. The number of nitrogens with one attached hydrogen (secondary N) is 1. The zero-order valence-electron chi connectivity index (χ0n) is 12.6. The van der Waals surface area contributed by atoms with E-state index < -0.39 is 41.8 Å². The molecule has 22 heavy (non-hydrogen) atoms. The van der Waals surface area contributed by atoms with Crippen LogP contribution >= 0.6 is 0 Å². The number of halogens is 2. The number of benzene rings is 1. The van der Waals surface area contributed by atoms with Crippen molar-refractivity contribution in [2.45, 2.75) is 32.4 Å². The summed E-state index contributed by atoms with van der Waals surface area (Å²) >= 11 is 0. The average molecular weight is 312 g/mol. The van der Waals surface area contributed by atoms with Gasteiger partial charge in [0.2, 0.25) is 0 Å². The summed E-state index contributed by atoms with van der Waals surface area (Å²) < 4.78 is 26.5. The maximum absolute atomic E-state index is 13.6. The third-order valence-electron chi connectivity index (χ3n) is 4.13. The van der Waals surface area contributed by atoms with E-state index >= 15 is 0 Å². The van der Waals surface area contributed by atoms with Gasteiger partial charge in [-0.2, -0.15) is 0 Å². The molecule has 1 aromatic carbocycles. The molecule has 1 saturated heterocycles. The zero-order valence-corrected chi connectivity index (χ0v) is 12.6. The number of carbonyl (C=O) groups is 2. The van der Waals surface area contributed by atoms with Crippen LogP contribution in [0.1, 0.15) is 32.4 Å². The van der Waals surface area contributed by atoms with Crippen molar-refractivity contribution < 1.29 is 23.5 Å². The Balaban J connectivity index is 2.20. The number of aliphatic hydroxyl groups excluding tert-OH is 1. The lowest BCUT2D eigenvalue weighted by molar-refractivity contribution is -0.133. The van der Waals surface area contributed by atoms with Crippen molar-refractivity contribution in [1.29, 1.82) is 0 Å². The molecule has 2 atom stereocenters. The van der Waals surface area contributed by atoms with E-state index in [-0.39, 0.29) is 11.5 Å². The number of nitrogens with zero attached hydrogens (tertiary/aromatic N) is 1. The minimum Gasteiger partial charge on any atom is -0.386 e. The van der Waals surface area contributed by atoms with Gasteiger partial charge >= 0.3 is 6.03 Å². The van der Waals surface area contributed by atoms with E-state index in [4.69, 9.17) is 0 Å². The van der Waals surface area contributed by atoms with Gasteiger partial charge in [0.25, 0.3) is 5.91 Å². The Kier molecular flexibility index (Phi) is 4.19. The fraction of sp³-hybridized carbons (Fsp3) is 0.467. The molecule has 1 heterocycles. The molecule has 120 valence electrons. The van der Waals surface area contributed by atoms with Crippen molar-refractivity contribution >= 4 is 11.9 Å². The second-order valence-corrected chi connectivity index (χ2v) is 5.88. The summed E-state index contributed by atoms with van der Waals surface area (Å²) in [6.45, 7) is 4.79. The predicted octanol–water partition coefficient (Wildman–Crippen LogP) is 1.96. The van der Waals surface area contributed by atoms with Crippen LogP contribution in [0.15, 0.2) is 18.2 Å². The molecule has 5 nitrogen and oxygen atoms in total. The Bertz CT molecular complexity index is 621. The van der Waals surface area contributed by atoms with E-state index in [1.165, 1.54) is 0 Å². The number of hydrogen-bond acceptors (Lipinski definition) is 3. The minimum atomic E-state index is -1.43. The molecule has 0 spiro atoms. The fourth-order valence-electron chi connectivity index (χ4n) is 2.32. The van der Waals surface area contributed by atoms with Gasteiger partial charge < -0.3 is 10.4 Å². The van der Waals surface area contributed by atoms with Gasteiger partial charge in [-0.25, -0.2) is 13.6 Å². The van der Waals surface area contributed by atoms with Crippen LogP contribution in [0.5, 0.6) is 0 Å². The SMILES string of the molecule is CC(C)[C@]1(C)NC(=O)N(C[C@@H](O)c2ccc(F)cc2F)C1=O. The Morgan fingerprint density at radius 1 is 1.32 bits per heavy atom. The maximum atomic E-state index is 13.6. The molecule has 1 aliphatic heterocycles. The highest BCUT2D eigenvalue weighted by atomic mass is 19.1. The molecule has 1 aliphatic rings. The molecule has 0 aliphatic carbocycles. The quantitative estimate of drug-likeness (QED) is 0.835. The summed E-state index contributed by atoms with van der Waals surface area (Å²) in [5, 5.41) is 12.6. The van der Waals surface area contributed by atoms with Gasteiger partial charge in [0.1, 0.15) is 17.2 Å². The van der Waals surface area contributed by atoms with Crippen LogP contribution in [0.25, 0.3) is 0 Å². The van der Waals surface area contributed by atoms with Gasteiger partial charge in [0.05, 0.1) is 12.6 Å². The summed E-state index contributed by atoms with van der Waals surface area (Å²) in [5.41, 5.74) is -1.22. The minimum absolute atomic E-state index is 0.145. The van der Waals surface area contributed by atoms with E-state index in [9.17, 15) is 23.5 Å². The van der Waals surface area contributed by atoms with Crippen molar-refractivity contribution in [1.82, 2.24) is 10.2 Å². The Morgan fingerprint density at radius 3 is 2.45 bits per heavy atom. The van der Waals surface area contributed by atoms with Gasteiger partial charge in [0, 0.05) is 11.6 Å². The zero-order chi connectivity index (χ0) is 16.7. The van der Waals surface area contributed by atoms with Crippen LogP contribution < -0.4 is 5.32 Å². The molecule has 0 bridgehead atoms. The number of carbonyl (C=O) groups excluding carboxylic acids is 2. The van der Waals surface area contributed by atoms with Crippen LogP contribution in [0.3, 0.4) is 0 Å². The lowest BCUT2D eigenvalue weighted by Gasteiger charge is -2.26. The van der Waals surface area contributed by atoms with Crippen LogP contribution in [-0.4, -0.2) is 34.0 Å². The van der Waals surface area contributed by atoms with Gasteiger partial charge in [-0.05, 0) is 18.9 Å². The number of β-amino-alcohol motifs (C(OH)–C–C–N with tert-alkyl or cyclic N) is 1. The van der Waals surface area contributed by atoms with E-state index in [0.29, 0.717) is 6.07 Å². The summed E-state index contributed by atoms with van der Waals surface area (Å²) in [7, 11) is 0.